The number of aryl methyl sites for hydroxylation is 1. The minimum absolute atomic E-state index is 0.0217. The zero-order chi connectivity index (χ0) is 27.4. The molecule has 39 heavy (non-hydrogen) atoms. The van der Waals surface area contributed by atoms with E-state index in [1.165, 1.54) is 16.9 Å². The van der Waals surface area contributed by atoms with Gasteiger partial charge in [-0.1, -0.05) is 67.4 Å². The summed E-state index contributed by atoms with van der Waals surface area (Å²) in [6.07, 6.45) is 6.01. The van der Waals surface area contributed by atoms with Gasteiger partial charge in [-0.3, -0.25) is 4.79 Å². The van der Waals surface area contributed by atoms with Crippen LogP contribution in [0.15, 0.2) is 66.7 Å². The highest BCUT2D eigenvalue weighted by molar-refractivity contribution is 7.21. The first-order chi connectivity index (χ1) is 19.0. The summed E-state index contributed by atoms with van der Waals surface area (Å²) >= 11 is 8.32. The van der Waals surface area contributed by atoms with Crippen molar-refractivity contribution in [1.29, 1.82) is 5.26 Å². The largest absolute Gasteiger partial charge is 0.331 e. The predicted octanol–water partition coefficient (Wildman–Crippen LogP) is 8.22. The van der Waals surface area contributed by atoms with E-state index in [4.69, 9.17) is 11.6 Å². The molecule has 1 fully saturated rings. The molecule has 0 saturated heterocycles. The molecule has 5 rings (SSSR count). The van der Waals surface area contributed by atoms with Gasteiger partial charge in [0.25, 0.3) is 5.91 Å². The number of thiophene rings is 1. The quantitative estimate of drug-likeness (QED) is 0.238. The average Bonchev–Trinajstić information content (AvgIpc) is 3.32. The lowest BCUT2D eigenvalue weighted by atomic mass is 9.89. The molecule has 0 spiro atoms. The number of carbonyl (C=O) groups excluding carboxylic acids is 1. The SMILES string of the molecule is CCCc1ccc(-c2cccc(C#N)c2)cc1CN(C(=O)c1sc2ccccc2c1Cl)C1CCC(NC)CC1. The van der Waals surface area contributed by atoms with E-state index < -0.39 is 0 Å². The fraction of sp³-hybridized carbons (Fsp3) is 0.333. The topological polar surface area (TPSA) is 56.1 Å². The van der Waals surface area contributed by atoms with E-state index in [1.807, 2.05) is 55.6 Å². The van der Waals surface area contributed by atoms with Gasteiger partial charge in [-0.05, 0) is 85.7 Å². The Morgan fingerprint density at radius 1 is 1.03 bits per heavy atom. The Bertz CT molecular complexity index is 1510. The Labute approximate surface area is 240 Å². The standard InChI is InChI=1S/C33H34ClN3OS/c1-3-7-23-12-13-25(24-9-6-8-22(18-24)20-35)19-26(23)21-37(28-16-14-27(36-2)15-17-28)33(38)32-31(34)29-10-4-5-11-30(29)39-32/h4-6,8-13,18-19,27-28,36H,3,7,14-17,21H2,1-2H3. The molecule has 6 heteroatoms. The van der Waals surface area contributed by atoms with Crippen LogP contribution in [0.4, 0.5) is 0 Å². The van der Waals surface area contributed by atoms with Crippen molar-refractivity contribution in [3.05, 3.63) is 93.3 Å². The first kappa shape index (κ1) is 27.4. The fourth-order valence-corrected chi connectivity index (χ4v) is 7.21. The van der Waals surface area contributed by atoms with Crippen LogP contribution in [0.5, 0.6) is 0 Å². The third kappa shape index (κ3) is 5.89. The molecule has 0 atom stereocenters. The van der Waals surface area contributed by atoms with Crippen molar-refractivity contribution in [2.45, 2.75) is 64.1 Å². The number of hydrogen-bond donors (Lipinski definition) is 1. The summed E-state index contributed by atoms with van der Waals surface area (Å²) in [5.41, 5.74) is 5.15. The number of rotatable bonds is 8. The Morgan fingerprint density at radius 2 is 1.79 bits per heavy atom. The van der Waals surface area contributed by atoms with Crippen molar-refractivity contribution in [2.24, 2.45) is 0 Å². The summed E-state index contributed by atoms with van der Waals surface area (Å²) in [6, 6.07) is 25.1. The molecule has 0 bridgehead atoms. The Morgan fingerprint density at radius 3 is 2.51 bits per heavy atom. The van der Waals surface area contributed by atoms with Crippen LogP contribution in [0.2, 0.25) is 5.02 Å². The second-order valence-corrected chi connectivity index (χ2v) is 11.8. The number of benzene rings is 3. The molecule has 1 amide bonds. The van der Waals surface area contributed by atoms with Gasteiger partial charge in [0.1, 0.15) is 4.88 Å². The number of hydrogen-bond acceptors (Lipinski definition) is 4. The van der Waals surface area contributed by atoms with Gasteiger partial charge < -0.3 is 10.2 Å². The number of halogens is 1. The molecule has 0 radical (unpaired) electrons. The number of nitriles is 1. The van der Waals surface area contributed by atoms with Gasteiger partial charge in [0.2, 0.25) is 0 Å². The highest BCUT2D eigenvalue weighted by Gasteiger charge is 2.32. The lowest BCUT2D eigenvalue weighted by Crippen LogP contribution is -2.44. The van der Waals surface area contributed by atoms with Crippen molar-refractivity contribution < 1.29 is 4.79 Å². The Hall–Kier alpha value is -3.17. The van der Waals surface area contributed by atoms with Crippen molar-refractivity contribution in [3.63, 3.8) is 0 Å². The zero-order valence-corrected chi connectivity index (χ0v) is 24.1. The maximum Gasteiger partial charge on any atom is 0.266 e. The van der Waals surface area contributed by atoms with E-state index in [1.54, 1.807) is 0 Å². The monoisotopic (exact) mass is 555 g/mol. The molecule has 4 aromatic rings. The number of fused-ring (bicyclic) bond motifs is 1. The minimum atomic E-state index is 0.0217. The Kier molecular flexibility index (Phi) is 8.67. The van der Waals surface area contributed by atoms with Crippen molar-refractivity contribution in [2.75, 3.05) is 7.05 Å². The van der Waals surface area contributed by atoms with Gasteiger partial charge in [-0.15, -0.1) is 11.3 Å². The first-order valence-electron chi connectivity index (χ1n) is 13.8. The van der Waals surface area contributed by atoms with Crippen LogP contribution in [-0.2, 0) is 13.0 Å². The molecule has 0 unspecified atom stereocenters. The van der Waals surface area contributed by atoms with E-state index in [0.717, 1.165) is 65.3 Å². The summed E-state index contributed by atoms with van der Waals surface area (Å²) in [5, 5.41) is 14.3. The molecular formula is C33H34ClN3OS. The van der Waals surface area contributed by atoms with Gasteiger partial charge in [-0.2, -0.15) is 5.26 Å². The number of nitrogens with one attached hydrogen (secondary N) is 1. The molecule has 4 nitrogen and oxygen atoms in total. The highest BCUT2D eigenvalue weighted by atomic mass is 35.5. The van der Waals surface area contributed by atoms with E-state index >= 15 is 0 Å². The summed E-state index contributed by atoms with van der Waals surface area (Å²) < 4.78 is 1.04. The maximum atomic E-state index is 14.3. The molecule has 1 heterocycles. The zero-order valence-electron chi connectivity index (χ0n) is 22.5. The molecule has 1 saturated carbocycles. The van der Waals surface area contributed by atoms with Crippen molar-refractivity contribution >= 4 is 38.9 Å². The molecule has 1 N–H and O–H groups in total. The summed E-state index contributed by atoms with van der Waals surface area (Å²) in [6.45, 7) is 2.73. The van der Waals surface area contributed by atoms with Crippen LogP contribution in [0.1, 0.15) is 65.4 Å². The number of amides is 1. The second-order valence-electron chi connectivity index (χ2n) is 10.4. The third-order valence-electron chi connectivity index (χ3n) is 7.93. The Balaban J connectivity index is 1.54. The summed E-state index contributed by atoms with van der Waals surface area (Å²) in [4.78, 5) is 17.0. The van der Waals surface area contributed by atoms with Crippen LogP contribution in [0.3, 0.4) is 0 Å². The fourth-order valence-electron chi connectivity index (χ4n) is 5.74. The van der Waals surface area contributed by atoms with Gasteiger partial charge in [0.15, 0.2) is 0 Å². The molecule has 200 valence electrons. The van der Waals surface area contributed by atoms with Gasteiger partial charge in [-0.25, -0.2) is 0 Å². The van der Waals surface area contributed by atoms with E-state index in [-0.39, 0.29) is 11.9 Å². The average molecular weight is 556 g/mol. The van der Waals surface area contributed by atoms with Crippen LogP contribution in [0.25, 0.3) is 21.2 Å². The lowest BCUT2D eigenvalue weighted by Gasteiger charge is -2.37. The maximum absolute atomic E-state index is 14.3. The lowest BCUT2D eigenvalue weighted by molar-refractivity contribution is 0.0606. The minimum Gasteiger partial charge on any atom is -0.331 e. The second kappa shape index (κ2) is 12.3. The molecule has 1 aromatic heterocycles. The van der Waals surface area contributed by atoms with E-state index in [2.05, 4.69) is 41.4 Å². The van der Waals surface area contributed by atoms with Gasteiger partial charge in [0, 0.05) is 28.7 Å². The smallest absolute Gasteiger partial charge is 0.266 e. The molecular weight excluding hydrogens is 522 g/mol. The van der Waals surface area contributed by atoms with Crippen LogP contribution in [0, 0.1) is 11.3 Å². The van der Waals surface area contributed by atoms with Crippen LogP contribution in [-0.4, -0.2) is 29.9 Å². The molecule has 3 aromatic carbocycles. The molecule has 0 aliphatic heterocycles. The first-order valence-corrected chi connectivity index (χ1v) is 15.0. The number of carbonyl (C=O) groups is 1. The van der Waals surface area contributed by atoms with Crippen LogP contribution < -0.4 is 5.32 Å². The molecule has 1 aliphatic carbocycles. The molecule has 1 aliphatic rings. The van der Waals surface area contributed by atoms with Gasteiger partial charge in [0.05, 0.1) is 16.7 Å². The predicted molar refractivity (Wildman–Crippen MR) is 162 cm³/mol. The van der Waals surface area contributed by atoms with E-state index in [9.17, 15) is 10.1 Å². The normalized spacial score (nSPS) is 17.2. The summed E-state index contributed by atoms with van der Waals surface area (Å²) in [5.74, 6) is 0.0217. The van der Waals surface area contributed by atoms with Crippen molar-refractivity contribution in [3.8, 4) is 17.2 Å². The van der Waals surface area contributed by atoms with Crippen LogP contribution >= 0.6 is 22.9 Å². The van der Waals surface area contributed by atoms with Gasteiger partial charge >= 0.3 is 0 Å². The highest BCUT2D eigenvalue weighted by Crippen LogP contribution is 2.38. The summed E-state index contributed by atoms with van der Waals surface area (Å²) in [7, 11) is 2.02. The number of nitrogens with zero attached hydrogens (tertiary/aromatic N) is 2. The van der Waals surface area contributed by atoms with Crippen molar-refractivity contribution in [1.82, 2.24) is 10.2 Å². The third-order valence-corrected chi connectivity index (χ3v) is 9.59. The van der Waals surface area contributed by atoms with E-state index in [0.29, 0.717) is 28.0 Å².